The molecule has 0 unspecified atom stereocenters. The van der Waals surface area contributed by atoms with Crippen molar-refractivity contribution in [2.24, 2.45) is 0 Å². The first-order valence-corrected chi connectivity index (χ1v) is 6.14. The van der Waals surface area contributed by atoms with Gasteiger partial charge >= 0.3 is 0 Å². The summed E-state index contributed by atoms with van der Waals surface area (Å²) in [6, 6.07) is 10.9. The van der Waals surface area contributed by atoms with Crippen LogP contribution in [0.5, 0.6) is 11.6 Å². The molecule has 0 spiro atoms. The molecule has 0 fully saturated rings. The molecule has 0 aliphatic rings. The summed E-state index contributed by atoms with van der Waals surface area (Å²) in [5.74, 6) is 0.888. The van der Waals surface area contributed by atoms with Gasteiger partial charge in [-0.3, -0.25) is 4.79 Å². The summed E-state index contributed by atoms with van der Waals surface area (Å²) < 4.78 is 10.1. The fourth-order valence-corrected chi connectivity index (χ4v) is 1.75. The first-order valence-electron chi connectivity index (χ1n) is 6.14. The first kappa shape index (κ1) is 13.9. The maximum absolute atomic E-state index is 12.1. The van der Waals surface area contributed by atoms with E-state index in [0.29, 0.717) is 18.0 Å². The number of nitrogens with one attached hydrogen (secondary N) is 1. The average Bonchev–Trinajstić information content (AvgIpc) is 2.53. The van der Waals surface area contributed by atoms with Crippen molar-refractivity contribution in [2.45, 2.75) is 6.54 Å². The van der Waals surface area contributed by atoms with E-state index in [1.807, 2.05) is 24.3 Å². The van der Waals surface area contributed by atoms with Crippen molar-refractivity contribution < 1.29 is 14.3 Å². The highest BCUT2D eigenvalue weighted by Gasteiger charge is 2.12. The minimum Gasteiger partial charge on any atom is -0.497 e. The molecule has 5 heteroatoms. The Labute approximate surface area is 117 Å². The third-order valence-corrected chi connectivity index (χ3v) is 2.82. The Morgan fingerprint density at radius 1 is 1.15 bits per heavy atom. The van der Waals surface area contributed by atoms with Crippen LogP contribution in [0.15, 0.2) is 42.6 Å². The molecule has 1 N–H and O–H groups in total. The lowest BCUT2D eigenvalue weighted by atomic mass is 10.2. The second-order valence-corrected chi connectivity index (χ2v) is 4.09. The quantitative estimate of drug-likeness (QED) is 0.904. The van der Waals surface area contributed by atoms with Gasteiger partial charge in [0.25, 0.3) is 5.91 Å². The smallest absolute Gasteiger partial charge is 0.257 e. The Morgan fingerprint density at radius 2 is 1.90 bits per heavy atom. The van der Waals surface area contributed by atoms with Crippen molar-refractivity contribution in [3.05, 3.63) is 53.7 Å². The minimum absolute atomic E-state index is 0.217. The van der Waals surface area contributed by atoms with Crippen LogP contribution in [0.3, 0.4) is 0 Å². The number of ether oxygens (including phenoxy) is 2. The molecular formula is C15H16N2O3. The fourth-order valence-electron chi connectivity index (χ4n) is 1.75. The van der Waals surface area contributed by atoms with Gasteiger partial charge in [0.15, 0.2) is 0 Å². The number of methoxy groups -OCH3 is 2. The van der Waals surface area contributed by atoms with Gasteiger partial charge in [-0.15, -0.1) is 0 Å². The second-order valence-electron chi connectivity index (χ2n) is 4.09. The van der Waals surface area contributed by atoms with E-state index in [2.05, 4.69) is 10.3 Å². The first-order chi connectivity index (χ1) is 9.74. The molecule has 0 bridgehead atoms. The van der Waals surface area contributed by atoms with E-state index in [1.54, 1.807) is 25.4 Å². The summed E-state index contributed by atoms with van der Waals surface area (Å²) in [4.78, 5) is 16.1. The average molecular weight is 272 g/mol. The van der Waals surface area contributed by atoms with Crippen molar-refractivity contribution in [1.29, 1.82) is 0 Å². The molecule has 20 heavy (non-hydrogen) atoms. The second kappa shape index (κ2) is 6.56. The lowest BCUT2D eigenvalue weighted by Gasteiger charge is -2.08. The van der Waals surface area contributed by atoms with E-state index >= 15 is 0 Å². The fraction of sp³-hybridized carbons (Fsp3) is 0.200. The third kappa shape index (κ3) is 3.26. The number of hydrogen-bond donors (Lipinski definition) is 1. The van der Waals surface area contributed by atoms with Crippen LogP contribution in [0, 0.1) is 0 Å². The molecule has 0 aliphatic carbocycles. The molecule has 2 aromatic rings. The van der Waals surface area contributed by atoms with E-state index in [-0.39, 0.29) is 5.91 Å². The van der Waals surface area contributed by atoms with E-state index < -0.39 is 0 Å². The van der Waals surface area contributed by atoms with Gasteiger partial charge in [-0.05, 0) is 29.8 Å². The van der Waals surface area contributed by atoms with Crippen molar-refractivity contribution in [3.8, 4) is 11.6 Å². The third-order valence-electron chi connectivity index (χ3n) is 2.82. The van der Waals surface area contributed by atoms with Crippen molar-refractivity contribution in [2.75, 3.05) is 14.2 Å². The molecule has 2 rings (SSSR count). The molecule has 0 atom stereocenters. The minimum atomic E-state index is -0.217. The molecule has 0 saturated carbocycles. The van der Waals surface area contributed by atoms with Gasteiger partial charge in [0.2, 0.25) is 5.88 Å². The molecule has 1 heterocycles. The number of benzene rings is 1. The molecular weight excluding hydrogens is 256 g/mol. The van der Waals surface area contributed by atoms with E-state index in [0.717, 1.165) is 11.3 Å². The van der Waals surface area contributed by atoms with E-state index in [1.165, 1.54) is 7.11 Å². The largest absolute Gasteiger partial charge is 0.497 e. The molecule has 0 saturated heterocycles. The van der Waals surface area contributed by atoms with Gasteiger partial charge in [0.1, 0.15) is 11.3 Å². The van der Waals surface area contributed by atoms with Crippen LogP contribution >= 0.6 is 0 Å². The number of rotatable bonds is 5. The number of carbonyl (C=O) groups is 1. The summed E-state index contributed by atoms with van der Waals surface area (Å²) in [6.45, 7) is 0.431. The summed E-state index contributed by atoms with van der Waals surface area (Å²) in [6.07, 6.45) is 1.58. The maximum atomic E-state index is 12.1. The molecule has 1 amide bonds. The Kier molecular flexibility index (Phi) is 4.55. The van der Waals surface area contributed by atoms with Crippen molar-refractivity contribution >= 4 is 5.91 Å². The van der Waals surface area contributed by atoms with Crippen LogP contribution in [-0.2, 0) is 6.54 Å². The highest BCUT2D eigenvalue weighted by Crippen LogP contribution is 2.14. The van der Waals surface area contributed by atoms with Crippen LogP contribution in [0.25, 0.3) is 0 Å². The van der Waals surface area contributed by atoms with Gasteiger partial charge in [0, 0.05) is 12.7 Å². The molecule has 104 valence electrons. The van der Waals surface area contributed by atoms with Crippen LogP contribution in [0.1, 0.15) is 15.9 Å². The highest BCUT2D eigenvalue weighted by molar-refractivity contribution is 5.96. The predicted octanol–water partition coefficient (Wildman–Crippen LogP) is 2.03. The Bertz CT molecular complexity index is 582. The molecule has 1 aromatic heterocycles. The maximum Gasteiger partial charge on any atom is 0.257 e. The number of amides is 1. The Morgan fingerprint density at radius 3 is 2.55 bits per heavy atom. The zero-order valence-corrected chi connectivity index (χ0v) is 11.4. The zero-order valence-electron chi connectivity index (χ0n) is 11.4. The molecule has 0 radical (unpaired) electrons. The normalized spacial score (nSPS) is 9.90. The lowest BCUT2D eigenvalue weighted by Crippen LogP contribution is -2.23. The van der Waals surface area contributed by atoms with Gasteiger partial charge in [-0.1, -0.05) is 12.1 Å². The predicted molar refractivity (Wildman–Crippen MR) is 75.0 cm³/mol. The summed E-state index contributed by atoms with van der Waals surface area (Å²) in [5, 5.41) is 2.83. The summed E-state index contributed by atoms with van der Waals surface area (Å²) in [7, 11) is 3.11. The summed E-state index contributed by atoms with van der Waals surface area (Å²) >= 11 is 0. The zero-order chi connectivity index (χ0) is 14.4. The number of hydrogen-bond acceptors (Lipinski definition) is 4. The number of nitrogens with zero attached hydrogens (tertiary/aromatic N) is 1. The van der Waals surface area contributed by atoms with Gasteiger partial charge in [0.05, 0.1) is 14.2 Å². The number of carbonyl (C=O) groups excluding carboxylic acids is 1. The Hall–Kier alpha value is -2.56. The number of pyridine rings is 1. The SMILES string of the molecule is COc1ccc(CNC(=O)c2cccnc2OC)cc1. The molecule has 1 aromatic carbocycles. The van der Waals surface area contributed by atoms with Crippen LogP contribution in [0.2, 0.25) is 0 Å². The molecule has 0 aliphatic heterocycles. The molecule has 5 nitrogen and oxygen atoms in total. The van der Waals surface area contributed by atoms with Gasteiger partial charge in [-0.2, -0.15) is 0 Å². The van der Waals surface area contributed by atoms with Gasteiger partial charge in [-0.25, -0.2) is 4.98 Å². The topological polar surface area (TPSA) is 60.5 Å². The summed E-state index contributed by atoms with van der Waals surface area (Å²) in [5.41, 5.74) is 1.41. The van der Waals surface area contributed by atoms with Crippen molar-refractivity contribution in [3.63, 3.8) is 0 Å². The standard InChI is InChI=1S/C15H16N2O3/c1-19-12-7-5-11(6-8-12)10-17-14(18)13-4-3-9-16-15(13)20-2/h3-9H,10H2,1-2H3,(H,17,18). The lowest BCUT2D eigenvalue weighted by molar-refractivity contribution is 0.0947. The monoisotopic (exact) mass is 272 g/mol. The van der Waals surface area contributed by atoms with Crippen LogP contribution < -0.4 is 14.8 Å². The van der Waals surface area contributed by atoms with E-state index in [4.69, 9.17) is 9.47 Å². The number of aromatic nitrogens is 1. The van der Waals surface area contributed by atoms with Crippen LogP contribution in [0.4, 0.5) is 0 Å². The van der Waals surface area contributed by atoms with Gasteiger partial charge < -0.3 is 14.8 Å². The van der Waals surface area contributed by atoms with Crippen LogP contribution in [-0.4, -0.2) is 25.1 Å². The van der Waals surface area contributed by atoms with E-state index in [9.17, 15) is 4.79 Å². The highest BCUT2D eigenvalue weighted by atomic mass is 16.5. The van der Waals surface area contributed by atoms with Crippen molar-refractivity contribution in [1.82, 2.24) is 10.3 Å². The Balaban J connectivity index is 2.01.